The van der Waals surface area contributed by atoms with Gasteiger partial charge in [-0.15, -0.1) is 0 Å². The van der Waals surface area contributed by atoms with Gasteiger partial charge in [0.15, 0.2) is 0 Å². The molecule has 0 fully saturated rings. The van der Waals surface area contributed by atoms with Crippen molar-refractivity contribution in [1.82, 2.24) is 0 Å². The maximum Gasteiger partial charge on any atom is 0.307 e. The van der Waals surface area contributed by atoms with Crippen molar-refractivity contribution in [3.8, 4) is 6.07 Å². The molecule has 0 spiro atoms. The highest BCUT2D eigenvalue weighted by atomic mass is 16.5. The Bertz CT molecular complexity index is 223. The number of rotatable bonds is 2. The van der Waals surface area contributed by atoms with E-state index >= 15 is 0 Å². The summed E-state index contributed by atoms with van der Waals surface area (Å²) in [5.41, 5.74) is 0.514. The number of nitriles is 1. The van der Waals surface area contributed by atoms with Crippen LogP contribution in [0.4, 0.5) is 0 Å². The van der Waals surface area contributed by atoms with Crippen molar-refractivity contribution in [3.05, 3.63) is 11.3 Å². The normalized spacial score (nSPS) is 11.5. The molecule has 0 bridgehead atoms. The van der Waals surface area contributed by atoms with E-state index in [0.717, 1.165) is 0 Å². The highest BCUT2D eigenvalue weighted by Crippen LogP contribution is 2.08. The zero-order chi connectivity index (χ0) is 8.85. The first-order valence-corrected chi connectivity index (χ1v) is 3.40. The largest absolute Gasteiger partial charge is 0.431 e. The summed E-state index contributed by atoms with van der Waals surface area (Å²) in [6.45, 7) is 4.77. The summed E-state index contributed by atoms with van der Waals surface area (Å²) in [5, 5.41) is 8.51. The molecule has 0 aliphatic carbocycles. The summed E-state index contributed by atoms with van der Waals surface area (Å²) in [5.74, 6) is 0.0196. The van der Waals surface area contributed by atoms with E-state index in [1.165, 1.54) is 6.92 Å². The van der Waals surface area contributed by atoms with Gasteiger partial charge in [-0.05, 0) is 13.3 Å². The van der Waals surface area contributed by atoms with Crippen molar-refractivity contribution >= 4 is 5.97 Å². The number of hydrogen-bond acceptors (Lipinski definition) is 3. The van der Waals surface area contributed by atoms with Crippen molar-refractivity contribution in [2.75, 3.05) is 0 Å². The van der Waals surface area contributed by atoms with Crippen molar-refractivity contribution in [1.29, 1.82) is 5.26 Å². The number of esters is 1. The topological polar surface area (TPSA) is 50.1 Å². The van der Waals surface area contributed by atoms with Crippen LogP contribution in [0.25, 0.3) is 0 Å². The van der Waals surface area contributed by atoms with Crippen LogP contribution in [-0.4, -0.2) is 5.97 Å². The molecule has 0 heterocycles. The lowest BCUT2D eigenvalue weighted by Gasteiger charge is -2.01. The predicted molar refractivity (Wildman–Crippen MR) is 40.4 cm³/mol. The van der Waals surface area contributed by atoms with E-state index in [0.29, 0.717) is 17.8 Å². The molecule has 0 aromatic carbocycles. The number of carbonyl (C=O) groups excluding carboxylic acids is 1. The molecule has 0 amide bonds. The molecule has 0 saturated heterocycles. The molecule has 0 unspecified atom stereocenters. The van der Waals surface area contributed by atoms with Crippen molar-refractivity contribution in [2.24, 2.45) is 0 Å². The highest BCUT2D eigenvalue weighted by molar-refractivity contribution is 5.67. The minimum absolute atomic E-state index is 0.385. The molecule has 0 saturated carbocycles. The average molecular weight is 153 g/mol. The fourth-order valence-electron chi connectivity index (χ4n) is 0.684. The standard InChI is InChI=1S/C8H11NO2/c1-4-8(5-9)6(2)11-7(3)10/h4H2,1-3H3. The molecule has 0 aliphatic heterocycles. The SMILES string of the molecule is CCC(C#N)=C(C)OC(C)=O. The van der Waals surface area contributed by atoms with Crippen LogP contribution in [0.5, 0.6) is 0 Å². The van der Waals surface area contributed by atoms with Gasteiger partial charge in [-0.2, -0.15) is 5.26 Å². The van der Waals surface area contributed by atoms with Crippen LogP contribution in [-0.2, 0) is 9.53 Å². The Balaban J connectivity index is 4.39. The summed E-state index contributed by atoms with van der Waals surface area (Å²) in [6, 6.07) is 1.96. The van der Waals surface area contributed by atoms with Crippen LogP contribution in [0.3, 0.4) is 0 Å². The quantitative estimate of drug-likeness (QED) is 0.345. The second kappa shape index (κ2) is 4.51. The zero-order valence-electron chi connectivity index (χ0n) is 6.97. The van der Waals surface area contributed by atoms with E-state index in [1.807, 2.05) is 13.0 Å². The highest BCUT2D eigenvalue weighted by Gasteiger charge is 2.02. The minimum atomic E-state index is -0.385. The van der Waals surface area contributed by atoms with Gasteiger partial charge in [0, 0.05) is 6.92 Å². The fourth-order valence-corrected chi connectivity index (χ4v) is 0.684. The third-order valence-corrected chi connectivity index (χ3v) is 1.21. The number of carbonyl (C=O) groups is 1. The summed E-state index contributed by atoms with van der Waals surface area (Å²) in [7, 11) is 0. The first-order valence-electron chi connectivity index (χ1n) is 3.40. The second-order valence-corrected chi connectivity index (χ2v) is 2.09. The van der Waals surface area contributed by atoms with Gasteiger partial charge < -0.3 is 4.74 Å². The van der Waals surface area contributed by atoms with Crippen LogP contribution in [0.15, 0.2) is 11.3 Å². The van der Waals surface area contributed by atoms with Gasteiger partial charge in [-0.1, -0.05) is 6.92 Å². The molecule has 0 aliphatic rings. The van der Waals surface area contributed by atoms with Crippen molar-refractivity contribution in [2.45, 2.75) is 27.2 Å². The lowest BCUT2D eigenvalue weighted by atomic mass is 10.2. The monoisotopic (exact) mass is 153 g/mol. The Kier molecular flexibility index (Phi) is 3.97. The van der Waals surface area contributed by atoms with E-state index in [4.69, 9.17) is 10.00 Å². The molecule has 0 N–H and O–H groups in total. The number of ether oxygens (including phenoxy) is 1. The molecule has 0 atom stereocenters. The van der Waals surface area contributed by atoms with Crippen LogP contribution in [0.1, 0.15) is 27.2 Å². The second-order valence-electron chi connectivity index (χ2n) is 2.09. The maximum atomic E-state index is 10.4. The molecule has 0 aromatic heterocycles. The van der Waals surface area contributed by atoms with Crippen LogP contribution in [0, 0.1) is 11.3 Å². The van der Waals surface area contributed by atoms with Gasteiger partial charge in [0.25, 0.3) is 0 Å². The Hall–Kier alpha value is -1.30. The summed E-state index contributed by atoms with van der Waals surface area (Å²) in [6.07, 6.45) is 0.593. The minimum Gasteiger partial charge on any atom is -0.431 e. The van der Waals surface area contributed by atoms with Gasteiger partial charge in [-0.3, -0.25) is 4.79 Å². The molecule has 0 aromatic rings. The summed E-state index contributed by atoms with van der Waals surface area (Å²) < 4.78 is 4.71. The molecule has 3 heteroatoms. The number of hydrogen-bond donors (Lipinski definition) is 0. The molecular weight excluding hydrogens is 142 g/mol. The van der Waals surface area contributed by atoms with Crippen LogP contribution < -0.4 is 0 Å². The Morgan fingerprint density at radius 2 is 2.09 bits per heavy atom. The molecular formula is C8H11NO2. The smallest absolute Gasteiger partial charge is 0.307 e. The van der Waals surface area contributed by atoms with E-state index in [-0.39, 0.29) is 5.97 Å². The third kappa shape index (κ3) is 3.41. The molecule has 60 valence electrons. The molecule has 0 radical (unpaired) electrons. The van der Waals surface area contributed by atoms with Crippen molar-refractivity contribution in [3.63, 3.8) is 0 Å². The van der Waals surface area contributed by atoms with E-state index in [2.05, 4.69) is 0 Å². The van der Waals surface area contributed by atoms with Crippen LogP contribution in [0.2, 0.25) is 0 Å². The third-order valence-electron chi connectivity index (χ3n) is 1.21. The van der Waals surface area contributed by atoms with E-state index in [1.54, 1.807) is 6.92 Å². The molecule has 0 rings (SSSR count). The average Bonchev–Trinajstić information content (AvgIpc) is 1.88. The predicted octanol–water partition coefficient (Wildman–Crippen LogP) is 1.76. The van der Waals surface area contributed by atoms with E-state index < -0.39 is 0 Å². The lowest BCUT2D eigenvalue weighted by Crippen LogP contribution is -1.98. The Labute approximate surface area is 66.3 Å². The van der Waals surface area contributed by atoms with Gasteiger partial charge in [-0.25, -0.2) is 0 Å². The maximum absolute atomic E-state index is 10.4. The first kappa shape index (κ1) is 9.70. The lowest BCUT2D eigenvalue weighted by molar-refractivity contribution is -0.136. The fraction of sp³-hybridized carbons (Fsp3) is 0.500. The number of allylic oxidation sites excluding steroid dienone is 2. The molecule has 3 nitrogen and oxygen atoms in total. The van der Waals surface area contributed by atoms with Gasteiger partial charge in [0.1, 0.15) is 5.76 Å². The summed E-state index contributed by atoms with van der Waals surface area (Å²) >= 11 is 0. The Morgan fingerprint density at radius 3 is 2.36 bits per heavy atom. The first-order chi connectivity index (χ1) is 5.11. The molecule has 11 heavy (non-hydrogen) atoms. The van der Waals surface area contributed by atoms with Crippen LogP contribution >= 0.6 is 0 Å². The van der Waals surface area contributed by atoms with E-state index in [9.17, 15) is 4.79 Å². The van der Waals surface area contributed by atoms with Gasteiger partial charge >= 0.3 is 5.97 Å². The Morgan fingerprint density at radius 1 is 1.55 bits per heavy atom. The van der Waals surface area contributed by atoms with Gasteiger partial charge in [0.05, 0.1) is 11.6 Å². The number of nitrogens with zero attached hydrogens (tertiary/aromatic N) is 1. The van der Waals surface area contributed by atoms with Gasteiger partial charge in [0.2, 0.25) is 0 Å². The zero-order valence-corrected chi connectivity index (χ0v) is 6.97. The summed E-state index contributed by atoms with van der Waals surface area (Å²) in [4.78, 5) is 10.4. The van der Waals surface area contributed by atoms with Crippen molar-refractivity contribution < 1.29 is 9.53 Å².